The maximum Gasteiger partial charge on any atom is 0.213 e. The lowest BCUT2D eigenvalue weighted by molar-refractivity contribution is -0.139. The molecular formula is C30H37N5O4. The van der Waals surface area contributed by atoms with Crippen LogP contribution in [-0.4, -0.2) is 87.5 Å². The average Bonchev–Trinajstić information content (AvgIpc) is 3.08. The molecule has 0 aliphatic carbocycles. The van der Waals surface area contributed by atoms with E-state index in [9.17, 15) is 4.79 Å². The molecule has 2 aromatic heterocycles. The number of likely N-dealkylation sites (tertiary alicyclic amines) is 1. The van der Waals surface area contributed by atoms with Crippen LogP contribution in [0.3, 0.4) is 0 Å². The number of carbonyl (C=O) groups excluding carboxylic acids is 1. The molecule has 1 aromatic carbocycles. The fourth-order valence-electron chi connectivity index (χ4n) is 5.83. The molecule has 1 amide bonds. The molecule has 0 saturated carbocycles. The molecular weight excluding hydrogens is 494 g/mol. The third kappa shape index (κ3) is 4.89. The number of ether oxygens (including phenoxy) is 3. The number of pyridine rings is 2. The predicted octanol–water partition coefficient (Wildman–Crippen LogP) is 3.99. The third-order valence-electron chi connectivity index (χ3n) is 8.61. The van der Waals surface area contributed by atoms with Gasteiger partial charge < -0.3 is 28.9 Å². The highest BCUT2D eigenvalue weighted by Crippen LogP contribution is 2.46. The van der Waals surface area contributed by atoms with Crippen molar-refractivity contribution in [1.82, 2.24) is 14.9 Å². The third-order valence-corrected chi connectivity index (χ3v) is 8.61. The van der Waals surface area contributed by atoms with E-state index in [2.05, 4.69) is 26.7 Å². The molecule has 9 nitrogen and oxygen atoms in total. The summed E-state index contributed by atoms with van der Waals surface area (Å²) in [6.07, 6.45) is 7.88. The van der Waals surface area contributed by atoms with Gasteiger partial charge in [-0.25, -0.2) is 4.98 Å². The smallest absolute Gasteiger partial charge is 0.213 e. The van der Waals surface area contributed by atoms with Crippen molar-refractivity contribution in [2.45, 2.75) is 32.2 Å². The van der Waals surface area contributed by atoms with E-state index < -0.39 is 0 Å². The summed E-state index contributed by atoms with van der Waals surface area (Å²) < 4.78 is 17.8. The van der Waals surface area contributed by atoms with Crippen molar-refractivity contribution in [1.29, 1.82) is 0 Å². The number of aromatic nitrogens is 2. The minimum Gasteiger partial charge on any atom is -0.490 e. The highest BCUT2D eigenvalue weighted by atomic mass is 16.5. The zero-order chi connectivity index (χ0) is 27.0. The van der Waals surface area contributed by atoms with E-state index in [4.69, 9.17) is 14.2 Å². The van der Waals surface area contributed by atoms with Gasteiger partial charge in [0.15, 0.2) is 0 Å². The zero-order valence-corrected chi connectivity index (χ0v) is 23.1. The molecule has 3 aromatic rings. The minimum atomic E-state index is 0.113. The number of piperidine rings is 1. The largest absolute Gasteiger partial charge is 0.490 e. The van der Waals surface area contributed by atoms with Crippen LogP contribution in [0.5, 0.6) is 11.6 Å². The van der Waals surface area contributed by atoms with Gasteiger partial charge in [-0.05, 0) is 57.5 Å². The van der Waals surface area contributed by atoms with Gasteiger partial charge in [-0.15, -0.1) is 0 Å². The maximum atomic E-state index is 11.6. The van der Waals surface area contributed by atoms with Crippen molar-refractivity contribution >= 4 is 28.7 Å². The Kier molecular flexibility index (Phi) is 7.03. The molecule has 2 saturated heterocycles. The van der Waals surface area contributed by atoms with Gasteiger partial charge in [0.2, 0.25) is 12.3 Å². The summed E-state index contributed by atoms with van der Waals surface area (Å²) in [4.78, 5) is 27.1. The average molecular weight is 532 g/mol. The molecule has 1 atom stereocenters. The van der Waals surface area contributed by atoms with E-state index in [-0.39, 0.29) is 6.04 Å². The number of hydrogen-bond acceptors (Lipinski definition) is 8. The SMILES string of the molecule is C[C@H]1COc2c(-c3ccc(OCCCN4CCC5(CC4)COC5)nc3)ccc3ncc(N(C)C=O)c(c23)N1C. The van der Waals surface area contributed by atoms with Gasteiger partial charge in [-0.3, -0.25) is 9.78 Å². The second-order valence-corrected chi connectivity index (χ2v) is 11.2. The molecule has 206 valence electrons. The van der Waals surface area contributed by atoms with Gasteiger partial charge >= 0.3 is 0 Å². The lowest BCUT2D eigenvalue weighted by Crippen LogP contribution is -2.51. The van der Waals surface area contributed by atoms with Crippen LogP contribution in [-0.2, 0) is 9.53 Å². The number of nitrogens with zero attached hydrogens (tertiary/aromatic N) is 5. The van der Waals surface area contributed by atoms with Gasteiger partial charge in [-0.2, -0.15) is 0 Å². The van der Waals surface area contributed by atoms with Gasteiger partial charge in [0.1, 0.15) is 12.4 Å². The summed E-state index contributed by atoms with van der Waals surface area (Å²) in [7, 11) is 3.78. The molecule has 39 heavy (non-hydrogen) atoms. The summed E-state index contributed by atoms with van der Waals surface area (Å²) in [6.45, 7) is 8.54. The van der Waals surface area contributed by atoms with Crippen molar-refractivity contribution in [3.63, 3.8) is 0 Å². The Labute approximate surface area is 229 Å². The lowest BCUT2D eigenvalue weighted by atomic mass is 9.77. The fourth-order valence-corrected chi connectivity index (χ4v) is 5.83. The number of amides is 1. The molecule has 0 bridgehead atoms. The van der Waals surface area contributed by atoms with E-state index in [0.29, 0.717) is 24.5 Å². The van der Waals surface area contributed by atoms with E-state index in [0.717, 1.165) is 84.8 Å². The molecule has 0 radical (unpaired) electrons. The van der Waals surface area contributed by atoms with E-state index in [1.54, 1.807) is 18.1 Å². The molecule has 5 heterocycles. The van der Waals surface area contributed by atoms with Crippen LogP contribution >= 0.6 is 0 Å². The Morgan fingerprint density at radius 2 is 1.97 bits per heavy atom. The normalized spacial score (nSPS) is 20.3. The summed E-state index contributed by atoms with van der Waals surface area (Å²) >= 11 is 0. The second kappa shape index (κ2) is 10.6. The van der Waals surface area contributed by atoms with E-state index >= 15 is 0 Å². The van der Waals surface area contributed by atoms with E-state index in [1.165, 1.54) is 12.8 Å². The molecule has 1 spiro atoms. The summed E-state index contributed by atoms with van der Waals surface area (Å²) in [5, 5.41) is 0.902. The van der Waals surface area contributed by atoms with Gasteiger partial charge in [0.05, 0.1) is 54.3 Å². The number of likely N-dealkylation sites (N-methyl/N-ethyl adjacent to an activating group) is 1. The number of carbonyl (C=O) groups is 1. The van der Waals surface area contributed by atoms with Gasteiger partial charge in [0, 0.05) is 49.4 Å². The summed E-state index contributed by atoms with van der Waals surface area (Å²) in [5.41, 5.74) is 4.88. The first-order chi connectivity index (χ1) is 19.0. The summed E-state index contributed by atoms with van der Waals surface area (Å²) in [5.74, 6) is 1.39. The van der Waals surface area contributed by atoms with Crippen LogP contribution in [0.1, 0.15) is 26.2 Å². The van der Waals surface area contributed by atoms with Crippen LogP contribution in [0.25, 0.3) is 22.0 Å². The molecule has 0 N–H and O–H groups in total. The Morgan fingerprint density at radius 1 is 1.15 bits per heavy atom. The Hall–Kier alpha value is -3.43. The summed E-state index contributed by atoms with van der Waals surface area (Å²) in [6, 6.07) is 8.10. The standard InChI is InChI=1S/C30H37N5O4/c1-21-17-39-29-23(6-7-24-27(29)28(34(21)3)25(16-31-24)33(2)20-36)22-5-8-26(32-15-22)38-14-4-11-35-12-9-30(10-13-35)18-37-19-30/h5-8,15-16,20-21H,4,9-14,17-19H2,1-3H3/t21-/m0/s1. The van der Waals surface area contributed by atoms with Crippen molar-refractivity contribution in [3.05, 3.63) is 36.7 Å². The maximum absolute atomic E-state index is 11.6. The van der Waals surface area contributed by atoms with Crippen molar-refractivity contribution in [2.75, 3.05) is 70.0 Å². The Morgan fingerprint density at radius 3 is 2.67 bits per heavy atom. The van der Waals surface area contributed by atoms with Crippen LogP contribution in [0.4, 0.5) is 11.4 Å². The monoisotopic (exact) mass is 531 g/mol. The van der Waals surface area contributed by atoms with Crippen LogP contribution < -0.4 is 19.3 Å². The lowest BCUT2D eigenvalue weighted by Gasteiger charge is -2.47. The molecule has 6 rings (SSSR count). The molecule has 0 unspecified atom stereocenters. The molecule has 2 fully saturated rings. The van der Waals surface area contributed by atoms with Gasteiger partial charge in [-0.1, -0.05) is 0 Å². The fraction of sp³-hybridized carbons (Fsp3) is 0.500. The number of benzene rings is 1. The van der Waals surface area contributed by atoms with Crippen molar-refractivity contribution < 1.29 is 19.0 Å². The molecule has 9 heteroatoms. The van der Waals surface area contributed by atoms with Gasteiger partial charge in [0.25, 0.3) is 0 Å². The highest BCUT2D eigenvalue weighted by Gasteiger charge is 2.40. The first-order valence-corrected chi connectivity index (χ1v) is 13.9. The first-order valence-electron chi connectivity index (χ1n) is 13.9. The Balaban J connectivity index is 1.17. The second-order valence-electron chi connectivity index (χ2n) is 11.2. The van der Waals surface area contributed by atoms with Crippen LogP contribution in [0, 0.1) is 5.41 Å². The zero-order valence-electron chi connectivity index (χ0n) is 23.1. The number of hydrogen-bond donors (Lipinski definition) is 0. The number of anilines is 2. The minimum absolute atomic E-state index is 0.113. The molecule has 3 aliphatic heterocycles. The van der Waals surface area contributed by atoms with Crippen molar-refractivity contribution in [3.8, 4) is 22.8 Å². The predicted molar refractivity (Wildman–Crippen MR) is 152 cm³/mol. The van der Waals surface area contributed by atoms with Crippen molar-refractivity contribution in [2.24, 2.45) is 5.41 Å². The van der Waals surface area contributed by atoms with Crippen LogP contribution in [0.2, 0.25) is 0 Å². The first kappa shape index (κ1) is 25.8. The topological polar surface area (TPSA) is 80.3 Å². The highest BCUT2D eigenvalue weighted by molar-refractivity contribution is 6.07. The molecule has 3 aliphatic rings. The van der Waals surface area contributed by atoms with E-state index in [1.807, 2.05) is 37.5 Å². The Bertz CT molecular complexity index is 1330. The van der Waals surface area contributed by atoms with Crippen LogP contribution in [0.15, 0.2) is 36.7 Å². The number of rotatable bonds is 8. The quantitative estimate of drug-likeness (QED) is 0.319.